The molecule has 1 aromatic heterocycles. The molecule has 0 unspecified atom stereocenters. The molecule has 0 atom stereocenters. The smallest absolute Gasteiger partial charge is 0.323 e. The van der Waals surface area contributed by atoms with Crippen LogP contribution in [0, 0.1) is 10.1 Å². The third-order valence-corrected chi connectivity index (χ3v) is 4.29. The molecule has 0 aliphatic heterocycles. The number of fused-ring (bicyclic) bond motifs is 3. The Bertz CT molecular complexity index is 1150. The number of carbonyl (C=O) groups is 1. The molecule has 7 nitrogen and oxygen atoms in total. The minimum atomic E-state index is -0.668. The fourth-order valence-corrected chi connectivity index (χ4v) is 3.10. The lowest BCUT2D eigenvalue weighted by atomic mass is 10.1. The summed E-state index contributed by atoms with van der Waals surface area (Å²) in [6.07, 6.45) is 0. The molecule has 128 valence electrons. The molecule has 2 amide bonds. The van der Waals surface area contributed by atoms with Crippen molar-refractivity contribution in [2.45, 2.75) is 0 Å². The van der Waals surface area contributed by atoms with Crippen molar-refractivity contribution in [3.63, 3.8) is 0 Å². The van der Waals surface area contributed by atoms with Gasteiger partial charge in [0.25, 0.3) is 5.69 Å². The van der Waals surface area contributed by atoms with Crippen LogP contribution >= 0.6 is 0 Å². The van der Waals surface area contributed by atoms with E-state index in [-0.39, 0.29) is 5.69 Å². The number of hydrogen-bond acceptors (Lipinski definition) is 3. The van der Waals surface area contributed by atoms with Crippen molar-refractivity contribution in [3.05, 3.63) is 76.8 Å². The van der Waals surface area contributed by atoms with Gasteiger partial charge in [-0.15, -0.1) is 0 Å². The fourth-order valence-electron chi connectivity index (χ4n) is 3.10. The van der Waals surface area contributed by atoms with Gasteiger partial charge in [-0.25, -0.2) is 4.79 Å². The van der Waals surface area contributed by atoms with Crippen LogP contribution in [-0.4, -0.2) is 15.9 Å². The summed E-state index contributed by atoms with van der Waals surface area (Å²) in [5.74, 6) is 0. The number of nitro groups is 1. The van der Waals surface area contributed by atoms with E-state index < -0.39 is 11.0 Å². The second kappa shape index (κ2) is 5.89. The number of nitrogens with two attached hydrogens (primary N) is 1. The van der Waals surface area contributed by atoms with E-state index in [0.717, 1.165) is 21.8 Å². The Labute approximate surface area is 147 Å². The second-order valence-corrected chi connectivity index (χ2v) is 5.85. The molecule has 3 aromatic carbocycles. The Balaban J connectivity index is 1.85. The van der Waals surface area contributed by atoms with E-state index in [1.807, 2.05) is 36.4 Å². The van der Waals surface area contributed by atoms with Crippen molar-refractivity contribution in [3.8, 4) is 0 Å². The lowest BCUT2D eigenvalue weighted by molar-refractivity contribution is -0.384. The number of anilines is 2. The SMILES string of the molecule is NC(=O)N(c1ccc([N+](=O)[O-])cc1)c1ccc2[nH]c3ccccc3c2c1. The van der Waals surface area contributed by atoms with Crippen LogP contribution in [0.4, 0.5) is 21.9 Å². The van der Waals surface area contributed by atoms with E-state index in [9.17, 15) is 14.9 Å². The number of H-pyrrole nitrogens is 1. The molecule has 1 heterocycles. The number of benzene rings is 3. The van der Waals surface area contributed by atoms with Crippen molar-refractivity contribution >= 4 is 44.9 Å². The molecule has 0 saturated heterocycles. The summed E-state index contributed by atoms with van der Waals surface area (Å²) in [5, 5.41) is 12.8. The van der Waals surface area contributed by atoms with E-state index in [2.05, 4.69) is 4.98 Å². The van der Waals surface area contributed by atoms with Crippen molar-refractivity contribution in [2.75, 3.05) is 4.90 Å². The molecule has 4 aromatic rings. The molecule has 0 aliphatic carbocycles. The van der Waals surface area contributed by atoms with Crippen LogP contribution in [0.1, 0.15) is 0 Å². The van der Waals surface area contributed by atoms with E-state index >= 15 is 0 Å². The molecule has 0 saturated carbocycles. The predicted octanol–water partition coefficient (Wildman–Crippen LogP) is 4.45. The number of aromatic nitrogens is 1. The topological polar surface area (TPSA) is 105 Å². The molecule has 0 spiro atoms. The van der Waals surface area contributed by atoms with Gasteiger partial charge in [-0.3, -0.25) is 15.0 Å². The molecule has 7 heteroatoms. The number of carbonyl (C=O) groups excluding carboxylic acids is 1. The van der Waals surface area contributed by atoms with Crippen LogP contribution in [-0.2, 0) is 0 Å². The van der Waals surface area contributed by atoms with Crippen molar-refractivity contribution in [1.82, 2.24) is 4.98 Å². The van der Waals surface area contributed by atoms with Crippen LogP contribution in [0.3, 0.4) is 0 Å². The highest BCUT2D eigenvalue weighted by molar-refractivity contribution is 6.10. The number of hydrogen-bond donors (Lipinski definition) is 2. The summed E-state index contributed by atoms with van der Waals surface area (Å²) in [7, 11) is 0. The average molecular weight is 346 g/mol. The first-order valence-electron chi connectivity index (χ1n) is 7.89. The van der Waals surface area contributed by atoms with Crippen LogP contribution in [0.25, 0.3) is 21.8 Å². The quantitative estimate of drug-likeness (QED) is 0.423. The number of nitro benzene ring substituents is 1. The molecule has 0 bridgehead atoms. The van der Waals surface area contributed by atoms with Crippen molar-refractivity contribution < 1.29 is 9.72 Å². The van der Waals surface area contributed by atoms with Gasteiger partial charge < -0.3 is 10.7 Å². The first-order chi connectivity index (χ1) is 12.5. The van der Waals surface area contributed by atoms with Gasteiger partial charge >= 0.3 is 6.03 Å². The Morgan fingerprint density at radius 3 is 2.27 bits per heavy atom. The number of para-hydroxylation sites is 1. The largest absolute Gasteiger partial charge is 0.355 e. The minimum Gasteiger partial charge on any atom is -0.355 e. The molecule has 26 heavy (non-hydrogen) atoms. The summed E-state index contributed by atoms with van der Waals surface area (Å²) in [5.41, 5.74) is 8.52. The van der Waals surface area contributed by atoms with Gasteiger partial charge in [0.15, 0.2) is 0 Å². The van der Waals surface area contributed by atoms with Crippen LogP contribution < -0.4 is 10.6 Å². The van der Waals surface area contributed by atoms with Crippen molar-refractivity contribution in [1.29, 1.82) is 0 Å². The normalized spacial score (nSPS) is 10.9. The van der Waals surface area contributed by atoms with Gasteiger partial charge in [-0.05, 0) is 36.4 Å². The summed E-state index contributed by atoms with van der Waals surface area (Å²) < 4.78 is 0. The van der Waals surface area contributed by atoms with E-state index in [1.165, 1.54) is 29.2 Å². The third-order valence-electron chi connectivity index (χ3n) is 4.29. The van der Waals surface area contributed by atoms with Crippen LogP contribution in [0.2, 0.25) is 0 Å². The molecule has 3 N–H and O–H groups in total. The molecule has 0 fully saturated rings. The van der Waals surface area contributed by atoms with E-state index in [4.69, 9.17) is 5.73 Å². The fraction of sp³-hybridized carbons (Fsp3) is 0. The second-order valence-electron chi connectivity index (χ2n) is 5.85. The number of primary amides is 1. The van der Waals surface area contributed by atoms with Gasteiger partial charge in [0.05, 0.1) is 16.3 Å². The highest BCUT2D eigenvalue weighted by Crippen LogP contribution is 2.32. The summed E-state index contributed by atoms with van der Waals surface area (Å²) in [4.78, 5) is 27.0. The first kappa shape index (κ1) is 15.6. The monoisotopic (exact) mass is 346 g/mol. The number of nitrogens with one attached hydrogen (secondary N) is 1. The van der Waals surface area contributed by atoms with Crippen LogP contribution in [0.5, 0.6) is 0 Å². The number of rotatable bonds is 3. The summed E-state index contributed by atoms with van der Waals surface area (Å²) in [6.45, 7) is 0. The number of amides is 2. The lowest BCUT2D eigenvalue weighted by Crippen LogP contribution is -2.31. The minimum absolute atomic E-state index is 0.0507. The molecular weight excluding hydrogens is 332 g/mol. The highest BCUT2D eigenvalue weighted by Gasteiger charge is 2.17. The molecule has 4 rings (SSSR count). The summed E-state index contributed by atoms with van der Waals surface area (Å²) >= 11 is 0. The maximum absolute atomic E-state index is 12.1. The standard InChI is InChI=1S/C19H14N4O3/c20-19(24)22(12-5-7-13(8-6-12)23(25)26)14-9-10-18-16(11-14)15-3-1-2-4-17(15)21-18/h1-11,21H,(H2,20,24). The Morgan fingerprint density at radius 1 is 0.923 bits per heavy atom. The summed E-state index contributed by atoms with van der Waals surface area (Å²) in [6, 6.07) is 18.4. The van der Waals surface area contributed by atoms with Crippen LogP contribution in [0.15, 0.2) is 66.7 Å². The Morgan fingerprint density at radius 2 is 1.58 bits per heavy atom. The highest BCUT2D eigenvalue weighted by atomic mass is 16.6. The average Bonchev–Trinajstić information content (AvgIpc) is 3.00. The molecular formula is C19H14N4O3. The van der Waals surface area contributed by atoms with Gasteiger partial charge in [-0.2, -0.15) is 0 Å². The zero-order chi connectivity index (χ0) is 18.3. The zero-order valence-corrected chi connectivity index (χ0v) is 13.5. The molecule has 0 radical (unpaired) electrons. The van der Waals surface area contributed by atoms with E-state index in [1.54, 1.807) is 6.07 Å². The Hall–Kier alpha value is -3.87. The van der Waals surface area contributed by atoms with Gasteiger partial charge in [0.1, 0.15) is 0 Å². The van der Waals surface area contributed by atoms with Crippen molar-refractivity contribution in [2.24, 2.45) is 5.73 Å². The number of non-ortho nitro benzene ring substituents is 1. The maximum Gasteiger partial charge on any atom is 0.323 e. The van der Waals surface area contributed by atoms with Gasteiger partial charge in [0.2, 0.25) is 0 Å². The third kappa shape index (κ3) is 2.51. The molecule has 0 aliphatic rings. The maximum atomic E-state index is 12.1. The van der Waals surface area contributed by atoms with Gasteiger partial charge in [0, 0.05) is 33.9 Å². The Kier molecular flexibility index (Phi) is 3.54. The zero-order valence-electron chi connectivity index (χ0n) is 13.5. The van der Waals surface area contributed by atoms with E-state index in [0.29, 0.717) is 11.4 Å². The lowest BCUT2D eigenvalue weighted by Gasteiger charge is -2.20. The predicted molar refractivity (Wildman–Crippen MR) is 101 cm³/mol. The van der Waals surface area contributed by atoms with Gasteiger partial charge in [-0.1, -0.05) is 18.2 Å². The number of nitrogens with zero attached hydrogens (tertiary/aromatic N) is 2. The number of aromatic amines is 1. The first-order valence-corrected chi connectivity index (χ1v) is 7.89. The number of urea groups is 1.